The fraction of sp³-hybridized carbons (Fsp3) is 0.520. The summed E-state index contributed by atoms with van der Waals surface area (Å²) in [6, 6.07) is 20.9. The van der Waals surface area contributed by atoms with Crippen molar-refractivity contribution in [3.63, 3.8) is 0 Å². The average Bonchev–Trinajstić information content (AvgIpc) is 2.76. The van der Waals surface area contributed by atoms with Crippen LogP contribution in [0.5, 0.6) is 0 Å². The molecule has 0 bridgehead atoms. The van der Waals surface area contributed by atoms with Crippen LogP contribution < -0.4 is 10.2 Å². The highest BCUT2D eigenvalue weighted by Gasteiger charge is 2.20. The minimum atomic E-state index is 0.644. The highest BCUT2D eigenvalue weighted by Crippen LogP contribution is 2.20. The van der Waals surface area contributed by atoms with Crippen LogP contribution in [0.1, 0.15) is 37.8 Å². The topological polar surface area (TPSA) is 18.5 Å². The fourth-order valence-corrected chi connectivity index (χ4v) is 4.35. The Bertz CT molecular complexity index is 658. The molecule has 1 unspecified atom stereocenters. The first kappa shape index (κ1) is 20.9. The minimum Gasteiger partial charge on any atom is -0.372 e. The van der Waals surface area contributed by atoms with E-state index in [1.54, 1.807) is 0 Å². The van der Waals surface area contributed by atoms with Gasteiger partial charge < -0.3 is 10.2 Å². The quantitative estimate of drug-likeness (QED) is 0.661. The Morgan fingerprint density at radius 1 is 0.893 bits per heavy atom. The van der Waals surface area contributed by atoms with E-state index in [1.165, 1.54) is 49.2 Å². The molecule has 1 heterocycles. The zero-order valence-electron chi connectivity index (χ0n) is 17.7. The van der Waals surface area contributed by atoms with Crippen LogP contribution >= 0.6 is 0 Å². The Kier molecular flexibility index (Phi) is 8.38. The molecular weight excluding hydrogens is 342 g/mol. The van der Waals surface area contributed by atoms with E-state index < -0.39 is 0 Å². The molecule has 3 rings (SSSR count). The molecule has 0 amide bonds. The van der Waals surface area contributed by atoms with Gasteiger partial charge >= 0.3 is 0 Å². The van der Waals surface area contributed by atoms with E-state index in [0.717, 1.165) is 32.6 Å². The van der Waals surface area contributed by atoms with Crippen LogP contribution in [0.15, 0.2) is 54.6 Å². The summed E-state index contributed by atoms with van der Waals surface area (Å²) >= 11 is 0. The molecule has 3 heteroatoms. The van der Waals surface area contributed by atoms with E-state index in [0.29, 0.717) is 6.04 Å². The maximum absolute atomic E-state index is 3.50. The molecule has 2 aromatic carbocycles. The van der Waals surface area contributed by atoms with Crippen molar-refractivity contribution < 1.29 is 0 Å². The monoisotopic (exact) mass is 379 g/mol. The maximum Gasteiger partial charge on any atom is 0.0366 e. The SMILES string of the molecule is CCN(CC)c1ccc(CC(CCCc2ccccc2)N2CCNCC2)cc1. The summed E-state index contributed by atoms with van der Waals surface area (Å²) in [5.41, 5.74) is 4.28. The van der Waals surface area contributed by atoms with Gasteiger partial charge in [0.15, 0.2) is 0 Å². The number of rotatable bonds is 10. The summed E-state index contributed by atoms with van der Waals surface area (Å²) in [6.07, 6.45) is 4.88. The Hall–Kier alpha value is -1.84. The van der Waals surface area contributed by atoms with Crippen molar-refractivity contribution in [2.75, 3.05) is 44.2 Å². The Labute approximate surface area is 171 Å². The van der Waals surface area contributed by atoms with Crippen LogP contribution in [0.25, 0.3) is 0 Å². The molecule has 0 spiro atoms. The molecule has 1 N–H and O–H groups in total. The van der Waals surface area contributed by atoms with Gasteiger partial charge in [-0.1, -0.05) is 42.5 Å². The fourth-order valence-electron chi connectivity index (χ4n) is 4.35. The van der Waals surface area contributed by atoms with Gasteiger partial charge in [0.25, 0.3) is 0 Å². The number of nitrogens with zero attached hydrogens (tertiary/aromatic N) is 2. The molecule has 0 aliphatic carbocycles. The lowest BCUT2D eigenvalue weighted by atomic mass is 9.97. The van der Waals surface area contributed by atoms with E-state index in [-0.39, 0.29) is 0 Å². The molecule has 28 heavy (non-hydrogen) atoms. The van der Waals surface area contributed by atoms with Crippen LogP contribution in [0, 0.1) is 0 Å². The number of hydrogen-bond acceptors (Lipinski definition) is 3. The number of hydrogen-bond donors (Lipinski definition) is 1. The van der Waals surface area contributed by atoms with Gasteiger partial charge in [-0.3, -0.25) is 4.90 Å². The molecule has 1 aliphatic rings. The largest absolute Gasteiger partial charge is 0.372 e. The van der Waals surface area contributed by atoms with Crippen molar-refractivity contribution in [1.82, 2.24) is 10.2 Å². The second kappa shape index (κ2) is 11.2. The molecule has 2 aromatic rings. The van der Waals surface area contributed by atoms with Crippen LogP contribution in [0.2, 0.25) is 0 Å². The molecule has 1 atom stereocenters. The summed E-state index contributed by atoms with van der Waals surface area (Å²) in [7, 11) is 0. The van der Waals surface area contributed by atoms with Gasteiger partial charge in [0.05, 0.1) is 0 Å². The number of benzene rings is 2. The molecule has 0 saturated carbocycles. The first-order valence-corrected chi connectivity index (χ1v) is 11.1. The van der Waals surface area contributed by atoms with Crippen molar-refractivity contribution in [1.29, 1.82) is 0 Å². The number of piperazine rings is 1. The van der Waals surface area contributed by atoms with Crippen molar-refractivity contribution in [2.24, 2.45) is 0 Å². The first-order chi connectivity index (χ1) is 13.8. The van der Waals surface area contributed by atoms with Crippen LogP contribution in [-0.4, -0.2) is 50.2 Å². The summed E-state index contributed by atoms with van der Waals surface area (Å²) < 4.78 is 0. The second-order valence-electron chi connectivity index (χ2n) is 7.86. The number of nitrogens with one attached hydrogen (secondary N) is 1. The molecule has 1 aliphatic heterocycles. The molecule has 0 aromatic heterocycles. The molecule has 0 radical (unpaired) electrons. The maximum atomic E-state index is 3.50. The van der Waals surface area contributed by atoms with Crippen LogP contribution in [0.4, 0.5) is 5.69 Å². The van der Waals surface area contributed by atoms with Crippen molar-refractivity contribution in [3.8, 4) is 0 Å². The van der Waals surface area contributed by atoms with Crippen molar-refractivity contribution in [3.05, 3.63) is 65.7 Å². The summed E-state index contributed by atoms with van der Waals surface area (Å²) in [5, 5.41) is 3.50. The van der Waals surface area contributed by atoms with E-state index in [4.69, 9.17) is 0 Å². The normalized spacial score (nSPS) is 16.1. The Morgan fingerprint density at radius 3 is 2.21 bits per heavy atom. The minimum absolute atomic E-state index is 0.644. The van der Waals surface area contributed by atoms with Crippen LogP contribution in [0.3, 0.4) is 0 Å². The van der Waals surface area contributed by atoms with Gasteiger partial charge in [-0.05, 0) is 62.8 Å². The zero-order chi connectivity index (χ0) is 19.6. The third-order valence-electron chi connectivity index (χ3n) is 6.05. The van der Waals surface area contributed by atoms with Gasteiger partial charge in [0, 0.05) is 51.0 Å². The first-order valence-electron chi connectivity index (χ1n) is 11.1. The highest BCUT2D eigenvalue weighted by atomic mass is 15.2. The standard InChI is InChI=1S/C25H37N3/c1-3-27(4-2)24-15-13-23(14-16-24)21-25(28-19-17-26-18-20-28)12-8-11-22-9-6-5-7-10-22/h5-7,9-10,13-16,25-26H,3-4,8,11-12,17-21H2,1-2H3. The van der Waals surface area contributed by atoms with Gasteiger partial charge in [-0.2, -0.15) is 0 Å². The van der Waals surface area contributed by atoms with Gasteiger partial charge in [0.1, 0.15) is 0 Å². The summed E-state index contributed by atoms with van der Waals surface area (Å²) in [6.45, 7) is 11.2. The molecule has 1 saturated heterocycles. The smallest absolute Gasteiger partial charge is 0.0366 e. The molecule has 3 nitrogen and oxygen atoms in total. The van der Waals surface area contributed by atoms with Crippen molar-refractivity contribution >= 4 is 5.69 Å². The van der Waals surface area contributed by atoms with Gasteiger partial charge in [-0.25, -0.2) is 0 Å². The predicted molar refractivity (Wildman–Crippen MR) is 121 cm³/mol. The Morgan fingerprint density at radius 2 is 1.57 bits per heavy atom. The molecule has 152 valence electrons. The third kappa shape index (κ3) is 6.08. The predicted octanol–water partition coefficient (Wildman–Crippen LogP) is 4.37. The third-order valence-corrected chi connectivity index (χ3v) is 6.05. The van der Waals surface area contributed by atoms with E-state index in [1.807, 2.05) is 0 Å². The van der Waals surface area contributed by atoms with E-state index in [2.05, 4.69) is 83.6 Å². The summed E-state index contributed by atoms with van der Waals surface area (Å²) in [5.74, 6) is 0. The number of aryl methyl sites for hydroxylation is 1. The lowest BCUT2D eigenvalue weighted by Gasteiger charge is -2.35. The lowest BCUT2D eigenvalue weighted by molar-refractivity contribution is 0.161. The van der Waals surface area contributed by atoms with Crippen molar-refractivity contribution in [2.45, 2.75) is 45.6 Å². The molecular formula is C25H37N3. The van der Waals surface area contributed by atoms with E-state index >= 15 is 0 Å². The average molecular weight is 380 g/mol. The van der Waals surface area contributed by atoms with Gasteiger partial charge in [-0.15, -0.1) is 0 Å². The summed E-state index contributed by atoms with van der Waals surface area (Å²) in [4.78, 5) is 5.12. The number of anilines is 1. The second-order valence-corrected chi connectivity index (χ2v) is 7.86. The van der Waals surface area contributed by atoms with E-state index in [9.17, 15) is 0 Å². The zero-order valence-corrected chi connectivity index (χ0v) is 17.7. The highest BCUT2D eigenvalue weighted by molar-refractivity contribution is 5.47. The van der Waals surface area contributed by atoms with Gasteiger partial charge in [0.2, 0.25) is 0 Å². The molecule has 1 fully saturated rings. The Balaban J connectivity index is 1.61. The van der Waals surface area contributed by atoms with Crippen LogP contribution in [-0.2, 0) is 12.8 Å². The lowest BCUT2D eigenvalue weighted by Crippen LogP contribution is -2.49.